The zero-order valence-electron chi connectivity index (χ0n) is 8.95. The molecule has 4 nitrogen and oxygen atoms in total. The Hall–Kier alpha value is -2.04. The molecule has 1 aromatic heterocycles. The number of hydrogen-bond acceptors (Lipinski definition) is 4. The van der Waals surface area contributed by atoms with Crippen LogP contribution in [0.4, 0.5) is 10.2 Å². The van der Waals surface area contributed by atoms with Gasteiger partial charge in [0.25, 0.3) is 0 Å². The number of aryl methyl sites for hydroxylation is 1. The van der Waals surface area contributed by atoms with E-state index in [1.54, 1.807) is 6.92 Å². The molecular formula is C11H11FN2O2. The van der Waals surface area contributed by atoms with Gasteiger partial charge < -0.3 is 15.0 Å². The quantitative estimate of drug-likeness (QED) is 0.847. The maximum absolute atomic E-state index is 13.3. The van der Waals surface area contributed by atoms with E-state index in [9.17, 15) is 4.39 Å². The molecule has 0 atom stereocenters. The molecular weight excluding hydrogens is 211 g/mol. The van der Waals surface area contributed by atoms with Crippen LogP contribution in [0.5, 0.6) is 5.75 Å². The van der Waals surface area contributed by atoms with Gasteiger partial charge in [-0.1, -0.05) is 5.16 Å². The fraction of sp³-hybridized carbons (Fsp3) is 0.182. The smallest absolute Gasteiger partial charge is 0.172 e. The van der Waals surface area contributed by atoms with Crippen molar-refractivity contribution in [2.45, 2.75) is 6.92 Å². The average molecular weight is 222 g/mol. The van der Waals surface area contributed by atoms with E-state index in [0.717, 1.165) is 0 Å². The Kier molecular flexibility index (Phi) is 2.52. The molecule has 0 unspecified atom stereocenters. The molecule has 0 aliphatic rings. The Morgan fingerprint density at radius 2 is 2.12 bits per heavy atom. The lowest BCUT2D eigenvalue weighted by Gasteiger charge is -2.08. The summed E-state index contributed by atoms with van der Waals surface area (Å²) in [4.78, 5) is 0. The number of nitrogens with two attached hydrogens (primary N) is 1. The topological polar surface area (TPSA) is 61.3 Å². The number of aromatic nitrogens is 1. The molecule has 1 aromatic carbocycles. The van der Waals surface area contributed by atoms with E-state index >= 15 is 0 Å². The molecule has 84 valence electrons. The predicted octanol–water partition coefficient (Wildman–Crippen LogP) is 2.38. The largest absolute Gasteiger partial charge is 0.496 e. The van der Waals surface area contributed by atoms with Crippen LogP contribution >= 0.6 is 0 Å². The number of benzene rings is 1. The van der Waals surface area contributed by atoms with E-state index < -0.39 is 0 Å². The molecule has 5 heteroatoms. The summed E-state index contributed by atoms with van der Waals surface area (Å²) in [6, 6.07) is 4.24. The summed E-state index contributed by atoms with van der Waals surface area (Å²) in [5, 5.41) is 3.55. The first-order valence-electron chi connectivity index (χ1n) is 4.68. The normalized spacial score (nSPS) is 10.4. The van der Waals surface area contributed by atoms with Crippen LogP contribution in [-0.4, -0.2) is 12.3 Å². The molecule has 0 fully saturated rings. The van der Waals surface area contributed by atoms with Crippen LogP contribution < -0.4 is 10.5 Å². The number of nitrogens with zero attached hydrogens (tertiary/aromatic N) is 1. The number of ether oxygens (including phenoxy) is 1. The van der Waals surface area contributed by atoms with Crippen LogP contribution in [0, 0.1) is 12.7 Å². The van der Waals surface area contributed by atoms with Crippen molar-refractivity contribution in [3.05, 3.63) is 29.6 Å². The van der Waals surface area contributed by atoms with E-state index in [2.05, 4.69) is 5.16 Å². The molecule has 0 saturated heterocycles. The lowest BCUT2D eigenvalue weighted by Crippen LogP contribution is -1.92. The maximum atomic E-state index is 13.3. The monoisotopic (exact) mass is 222 g/mol. The Balaban J connectivity index is 2.63. The molecule has 1 heterocycles. The molecule has 0 aliphatic heterocycles. The molecule has 0 saturated carbocycles. The van der Waals surface area contributed by atoms with Crippen LogP contribution in [0.2, 0.25) is 0 Å². The van der Waals surface area contributed by atoms with Crippen LogP contribution in [0.1, 0.15) is 5.56 Å². The lowest BCUT2D eigenvalue weighted by molar-refractivity contribution is 0.403. The third-order valence-corrected chi connectivity index (χ3v) is 2.24. The molecule has 16 heavy (non-hydrogen) atoms. The number of nitrogen functional groups attached to an aromatic ring is 1. The summed E-state index contributed by atoms with van der Waals surface area (Å²) in [5.41, 5.74) is 6.64. The van der Waals surface area contributed by atoms with E-state index in [-0.39, 0.29) is 11.6 Å². The van der Waals surface area contributed by atoms with Gasteiger partial charge in [-0.05, 0) is 24.6 Å². The second kappa shape index (κ2) is 3.84. The van der Waals surface area contributed by atoms with Crippen molar-refractivity contribution in [2.75, 3.05) is 12.8 Å². The summed E-state index contributed by atoms with van der Waals surface area (Å²) in [6.07, 6.45) is 0. The highest BCUT2D eigenvalue weighted by molar-refractivity contribution is 5.69. The third kappa shape index (κ3) is 1.71. The molecule has 0 amide bonds. The fourth-order valence-electron chi connectivity index (χ4n) is 1.60. The van der Waals surface area contributed by atoms with Gasteiger partial charge in [-0.15, -0.1) is 0 Å². The summed E-state index contributed by atoms with van der Waals surface area (Å²) in [7, 11) is 1.52. The number of anilines is 1. The van der Waals surface area contributed by atoms with Crippen LogP contribution in [0.25, 0.3) is 11.3 Å². The van der Waals surface area contributed by atoms with E-state index in [0.29, 0.717) is 22.6 Å². The van der Waals surface area contributed by atoms with Crippen molar-refractivity contribution in [2.24, 2.45) is 0 Å². The average Bonchev–Trinajstić information content (AvgIpc) is 2.63. The van der Waals surface area contributed by atoms with Crippen molar-refractivity contribution in [3.8, 4) is 17.1 Å². The minimum Gasteiger partial charge on any atom is -0.496 e. The maximum Gasteiger partial charge on any atom is 0.172 e. The van der Waals surface area contributed by atoms with Gasteiger partial charge >= 0.3 is 0 Å². The second-order valence-corrected chi connectivity index (χ2v) is 3.42. The molecule has 0 radical (unpaired) electrons. The third-order valence-electron chi connectivity index (χ3n) is 2.24. The van der Waals surface area contributed by atoms with Crippen LogP contribution in [-0.2, 0) is 0 Å². The SMILES string of the molecule is COc1c(C)cc(F)cc1-c1cc(N)no1. The number of rotatable bonds is 2. The standard InChI is InChI=1S/C11H11FN2O2/c1-6-3-7(12)4-8(11(6)15-2)9-5-10(13)14-16-9/h3-5H,1-2H3,(H2,13,14). The van der Waals surface area contributed by atoms with E-state index in [4.69, 9.17) is 15.0 Å². The van der Waals surface area contributed by atoms with Gasteiger partial charge in [-0.3, -0.25) is 0 Å². The second-order valence-electron chi connectivity index (χ2n) is 3.42. The number of halogens is 1. The van der Waals surface area contributed by atoms with Gasteiger partial charge in [0.05, 0.1) is 12.7 Å². The Labute approximate surface area is 91.8 Å². The first kappa shape index (κ1) is 10.5. The highest BCUT2D eigenvalue weighted by Gasteiger charge is 2.14. The zero-order chi connectivity index (χ0) is 11.7. The van der Waals surface area contributed by atoms with Gasteiger partial charge in [0.2, 0.25) is 0 Å². The first-order chi connectivity index (χ1) is 7.61. The summed E-state index contributed by atoms with van der Waals surface area (Å²) >= 11 is 0. The van der Waals surface area contributed by atoms with Crippen molar-refractivity contribution in [1.29, 1.82) is 0 Å². The highest BCUT2D eigenvalue weighted by Crippen LogP contribution is 2.34. The molecule has 2 aromatic rings. The summed E-state index contributed by atoms with van der Waals surface area (Å²) < 4.78 is 23.5. The van der Waals surface area contributed by atoms with Gasteiger partial charge in [0, 0.05) is 6.07 Å². The fourth-order valence-corrected chi connectivity index (χ4v) is 1.60. The number of methoxy groups -OCH3 is 1. The van der Waals surface area contributed by atoms with Crippen LogP contribution in [0.3, 0.4) is 0 Å². The molecule has 0 bridgehead atoms. The summed E-state index contributed by atoms with van der Waals surface area (Å²) in [6.45, 7) is 1.76. The van der Waals surface area contributed by atoms with E-state index in [1.807, 2.05) is 0 Å². The van der Waals surface area contributed by atoms with Gasteiger partial charge in [-0.2, -0.15) is 0 Å². The van der Waals surface area contributed by atoms with E-state index in [1.165, 1.54) is 25.3 Å². The van der Waals surface area contributed by atoms with Gasteiger partial charge in [0.15, 0.2) is 11.6 Å². The van der Waals surface area contributed by atoms with Crippen LogP contribution in [0.15, 0.2) is 22.7 Å². The molecule has 2 rings (SSSR count). The molecule has 0 spiro atoms. The van der Waals surface area contributed by atoms with Crippen molar-refractivity contribution in [1.82, 2.24) is 5.16 Å². The number of hydrogen-bond donors (Lipinski definition) is 1. The Bertz CT molecular complexity index is 523. The minimum absolute atomic E-state index is 0.249. The zero-order valence-corrected chi connectivity index (χ0v) is 8.95. The first-order valence-corrected chi connectivity index (χ1v) is 4.68. The Morgan fingerprint density at radius 1 is 1.38 bits per heavy atom. The lowest BCUT2D eigenvalue weighted by atomic mass is 10.1. The highest BCUT2D eigenvalue weighted by atomic mass is 19.1. The molecule has 2 N–H and O–H groups in total. The predicted molar refractivity (Wildman–Crippen MR) is 57.6 cm³/mol. The van der Waals surface area contributed by atoms with Crippen molar-refractivity contribution in [3.63, 3.8) is 0 Å². The van der Waals surface area contributed by atoms with Gasteiger partial charge in [0.1, 0.15) is 11.6 Å². The minimum atomic E-state index is -0.358. The van der Waals surface area contributed by atoms with Crippen molar-refractivity contribution >= 4 is 5.82 Å². The molecule has 0 aliphatic carbocycles. The summed E-state index contributed by atoms with van der Waals surface area (Å²) in [5.74, 6) is 0.830. The van der Waals surface area contributed by atoms with Crippen molar-refractivity contribution < 1.29 is 13.7 Å². The van der Waals surface area contributed by atoms with Gasteiger partial charge in [-0.25, -0.2) is 4.39 Å². The Morgan fingerprint density at radius 3 is 2.69 bits per heavy atom.